The highest BCUT2D eigenvalue weighted by Crippen LogP contribution is 2.31. The summed E-state index contributed by atoms with van der Waals surface area (Å²) in [5, 5.41) is 6.64. The minimum Gasteiger partial charge on any atom is -0.322 e. The molecule has 0 aliphatic carbocycles. The molecule has 0 bridgehead atoms. The van der Waals surface area contributed by atoms with Gasteiger partial charge in [0.25, 0.3) is 5.91 Å². The van der Waals surface area contributed by atoms with Gasteiger partial charge >= 0.3 is 0 Å². The molecular weight excluding hydrogens is 332 g/mol. The molecule has 2 N–H and O–H groups in total. The van der Waals surface area contributed by atoms with Crippen LogP contribution in [0, 0.1) is 0 Å². The monoisotopic (exact) mass is 356 g/mol. The van der Waals surface area contributed by atoms with Gasteiger partial charge in [-0.1, -0.05) is 60.7 Å². The summed E-state index contributed by atoms with van der Waals surface area (Å²) in [6, 6.07) is 28.7. The van der Waals surface area contributed by atoms with E-state index in [0.717, 1.165) is 18.7 Å². The van der Waals surface area contributed by atoms with Crippen molar-refractivity contribution in [2.75, 3.05) is 11.9 Å². The molecule has 136 valence electrons. The lowest BCUT2D eigenvalue weighted by molar-refractivity contribution is 0.102. The van der Waals surface area contributed by atoms with Gasteiger partial charge in [-0.05, 0) is 54.2 Å². The van der Waals surface area contributed by atoms with Crippen molar-refractivity contribution in [2.24, 2.45) is 0 Å². The highest BCUT2D eigenvalue weighted by molar-refractivity contribution is 6.04. The van der Waals surface area contributed by atoms with Crippen LogP contribution in [-0.2, 0) is 0 Å². The van der Waals surface area contributed by atoms with E-state index in [1.54, 1.807) is 0 Å². The molecule has 1 aliphatic rings. The molecule has 1 amide bonds. The molecule has 4 rings (SSSR count). The lowest BCUT2D eigenvalue weighted by Crippen LogP contribution is -2.32. The molecule has 1 unspecified atom stereocenters. The highest BCUT2D eigenvalue weighted by Gasteiger charge is 2.22. The van der Waals surface area contributed by atoms with Gasteiger partial charge in [-0.25, -0.2) is 0 Å². The maximum atomic E-state index is 12.3. The fourth-order valence-electron chi connectivity index (χ4n) is 3.74. The number of anilines is 1. The van der Waals surface area contributed by atoms with Gasteiger partial charge < -0.3 is 10.6 Å². The normalized spacial score (nSPS) is 19.4. The van der Waals surface area contributed by atoms with Crippen molar-refractivity contribution in [3.63, 3.8) is 0 Å². The maximum absolute atomic E-state index is 12.3. The van der Waals surface area contributed by atoms with Crippen molar-refractivity contribution >= 4 is 11.6 Å². The van der Waals surface area contributed by atoms with Crippen LogP contribution in [-0.4, -0.2) is 12.5 Å². The van der Waals surface area contributed by atoms with E-state index in [1.807, 2.05) is 42.5 Å². The Kier molecular flexibility index (Phi) is 5.31. The van der Waals surface area contributed by atoms with Gasteiger partial charge in [-0.15, -0.1) is 0 Å². The summed E-state index contributed by atoms with van der Waals surface area (Å²) in [5.74, 6) is 0.442. The number of hydrogen-bond acceptors (Lipinski definition) is 2. The Balaban J connectivity index is 1.35. The topological polar surface area (TPSA) is 41.1 Å². The molecule has 3 nitrogen and oxygen atoms in total. The number of carbonyl (C=O) groups excluding carboxylic acids is 1. The van der Waals surface area contributed by atoms with E-state index in [2.05, 4.69) is 53.1 Å². The summed E-state index contributed by atoms with van der Waals surface area (Å²) in [7, 11) is 0. The Morgan fingerprint density at radius 1 is 0.778 bits per heavy atom. The molecule has 1 fully saturated rings. The zero-order valence-corrected chi connectivity index (χ0v) is 15.3. The smallest absolute Gasteiger partial charge is 0.255 e. The van der Waals surface area contributed by atoms with Crippen LogP contribution in [0.1, 0.15) is 46.3 Å². The maximum Gasteiger partial charge on any atom is 0.255 e. The molecule has 2 atom stereocenters. The van der Waals surface area contributed by atoms with E-state index in [9.17, 15) is 4.79 Å². The van der Waals surface area contributed by atoms with Crippen LogP contribution in [0.4, 0.5) is 5.69 Å². The first-order chi connectivity index (χ1) is 13.3. The van der Waals surface area contributed by atoms with Crippen LogP contribution >= 0.6 is 0 Å². The number of nitrogens with one attached hydrogen (secondary N) is 2. The van der Waals surface area contributed by atoms with Crippen LogP contribution in [0.25, 0.3) is 0 Å². The van der Waals surface area contributed by atoms with Crippen LogP contribution in [0.5, 0.6) is 0 Å². The van der Waals surface area contributed by atoms with Crippen molar-refractivity contribution in [1.29, 1.82) is 0 Å². The van der Waals surface area contributed by atoms with Gasteiger partial charge in [0.15, 0.2) is 0 Å². The second-order valence-corrected chi connectivity index (χ2v) is 7.09. The summed E-state index contributed by atoms with van der Waals surface area (Å²) >= 11 is 0. The minimum absolute atomic E-state index is 0.0756. The van der Waals surface area contributed by atoms with E-state index in [1.165, 1.54) is 17.5 Å². The first-order valence-corrected chi connectivity index (χ1v) is 9.54. The van der Waals surface area contributed by atoms with Gasteiger partial charge in [-0.2, -0.15) is 0 Å². The zero-order valence-electron chi connectivity index (χ0n) is 15.3. The third-order valence-electron chi connectivity index (χ3n) is 5.29. The third-order valence-corrected chi connectivity index (χ3v) is 5.29. The quantitative estimate of drug-likeness (QED) is 0.679. The van der Waals surface area contributed by atoms with Gasteiger partial charge in [0, 0.05) is 23.8 Å². The minimum atomic E-state index is -0.0756. The standard InChI is InChI=1S/C24H24N2O/c27-24(20-9-5-2-6-10-20)26-22-14-11-18(12-15-22)21-13-16-23(25-17-21)19-7-3-1-4-8-19/h1-12,14-15,21,23,25H,13,16-17H2,(H,26,27)/t21-,23?/m0/s1. The first-order valence-electron chi connectivity index (χ1n) is 9.54. The van der Waals surface area contributed by atoms with Gasteiger partial charge in [0.05, 0.1) is 0 Å². The molecule has 0 radical (unpaired) electrons. The average molecular weight is 356 g/mol. The summed E-state index contributed by atoms with van der Waals surface area (Å²) < 4.78 is 0. The van der Waals surface area contributed by atoms with Gasteiger partial charge in [0.2, 0.25) is 0 Å². The van der Waals surface area contributed by atoms with E-state index in [0.29, 0.717) is 17.5 Å². The predicted molar refractivity (Wildman–Crippen MR) is 110 cm³/mol. The number of amides is 1. The second kappa shape index (κ2) is 8.19. The van der Waals surface area contributed by atoms with Crippen molar-refractivity contribution in [3.8, 4) is 0 Å². The molecule has 0 saturated carbocycles. The van der Waals surface area contributed by atoms with Gasteiger partial charge in [0.1, 0.15) is 0 Å². The van der Waals surface area contributed by atoms with Crippen molar-refractivity contribution in [1.82, 2.24) is 5.32 Å². The molecule has 0 aromatic heterocycles. The largest absolute Gasteiger partial charge is 0.322 e. The van der Waals surface area contributed by atoms with E-state index < -0.39 is 0 Å². The molecule has 1 aliphatic heterocycles. The zero-order chi connectivity index (χ0) is 18.5. The van der Waals surface area contributed by atoms with Crippen molar-refractivity contribution in [2.45, 2.75) is 24.8 Å². The third kappa shape index (κ3) is 4.26. The molecular formula is C24H24N2O. The van der Waals surface area contributed by atoms with Crippen LogP contribution in [0.3, 0.4) is 0 Å². The molecule has 1 heterocycles. The molecule has 3 aromatic rings. The van der Waals surface area contributed by atoms with Crippen LogP contribution in [0.15, 0.2) is 84.9 Å². The Morgan fingerprint density at radius 3 is 2.07 bits per heavy atom. The lowest BCUT2D eigenvalue weighted by atomic mass is 9.86. The van der Waals surface area contributed by atoms with E-state index in [-0.39, 0.29) is 5.91 Å². The second-order valence-electron chi connectivity index (χ2n) is 7.09. The lowest BCUT2D eigenvalue weighted by Gasteiger charge is -2.30. The van der Waals surface area contributed by atoms with Crippen molar-refractivity contribution < 1.29 is 4.79 Å². The fraction of sp³-hybridized carbons (Fsp3) is 0.208. The molecule has 3 heteroatoms. The summed E-state index contributed by atoms with van der Waals surface area (Å²) in [6.45, 7) is 0.981. The first kappa shape index (κ1) is 17.5. The predicted octanol–water partition coefficient (Wildman–Crippen LogP) is 5.15. The van der Waals surface area contributed by atoms with Gasteiger partial charge in [-0.3, -0.25) is 4.79 Å². The Hall–Kier alpha value is -2.91. The Morgan fingerprint density at radius 2 is 1.44 bits per heavy atom. The van der Waals surface area contributed by atoms with Crippen LogP contribution in [0.2, 0.25) is 0 Å². The Bertz CT molecular complexity index is 867. The summed E-state index contributed by atoms with van der Waals surface area (Å²) in [5.41, 5.74) is 4.20. The molecule has 1 saturated heterocycles. The molecule has 0 spiro atoms. The molecule has 27 heavy (non-hydrogen) atoms. The highest BCUT2D eigenvalue weighted by atomic mass is 16.1. The number of benzene rings is 3. The van der Waals surface area contributed by atoms with E-state index in [4.69, 9.17) is 0 Å². The summed E-state index contributed by atoms with van der Waals surface area (Å²) in [4.78, 5) is 12.3. The van der Waals surface area contributed by atoms with E-state index >= 15 is 0 Å². The number of rotatable bonds is 4. The number of hydrogen-bond donors (Lipinski definition) is 2. The Labute approximate surface area is 160 Å². The van der Waals surface area contributed by atoms with Crippen molar-refractivity contribution in [3.05, 3.63) is 102 Å². The SMILES string of the molecule is O=C(Nc1ccc([C@H]2CCC(c3ccccc3)NC2)cc1)c1ccccc1. The number of piperidine rings is 1. The average Bonchev–Trinajstić information content (AvgIpc) is 2.76. The summed E-state index contributed by atoms with van der Waals surface area (Å²) in [6.07, 6.45) is 2.31. The number of carbonyl (C=O) groups is 1. The van der Waals surface area contributed by atoms with Crippen LogP contribution < -0.4 is 10.6 Å². The molecule has 3 aromatic carbocycles. The fourth-order valence-corrected chi connectivity index (χ4v) is 3.74.